The molecule has 1 unspecified atom stereocenters. The van der Waals surface area contributed by atoms with E-state index in [-0.39, 0.29) is 57.8 Å². The number of amides is 2. The fourth-order valence-electron chi connectivity index (χ4n) is 8.51. The van der Waals surface area contributed by atoms with Gasteiger partial charge in [0.25, 0.3) is 11.8 Å². The number of aromatic nitrogens is 2. The quantitative estimate of drug-likeness (QED) is 0.113. The van der Waals surface area contributed by atoms with Gasteiger partial charge in [0.15, 0.2) is 0 Å². The van der Waals surface area contributed by atoms with Crippen molar-refractivity contribution in [2.24, 2.45) is 40.1 Å². The molecule has 0 N–H and O–H groups in total. The average Bonchev–Trinajstić information content (AvgIpc) is 3.46. The second-order valence-corrected chi connectivity index (χ2v) is 18.7. The van der Waals surface area contributed by atoms with Gasteiger partial charge in [-0.05, 0) is 97.9 Å². The standard InChI is InChI=1S/C42H50ClN5O7S/c1-26(2)41(51)55-36-10-6-8-27(3)22-56(52,25-44-39(50)33-21-47(4)45-40(33)53-5)46-38(49)29-12-16-37-35(19-29)48(20-30-11-14-32(30)36)23-42(24-54-37)17-7-9-28-18-31(43)13-15-34(28)42/h6,10,12-13,15-16,18-19,21,25-27,30,32,36H,7-9,11,14,17,20,22-24H2,1-5H3/b10-6+,44-25+/t27-,30-,32+,36-,42-,56?/m0/s1. The van der Waals surface area contributed by atoms with E-state index < -0.39 is 27.6 Å². The number of aliphatic imine (C=N–C) groups is 1. The summed E-state index contributed by atoms with van der Waals surface area (Å²) in [6, 6.07) is 11.4. The average molecular weight is 804 g/mol. The van der Waals surface area contributed by atoms with Crippen molar-refractivity contribution in [2.75, 3.05) is 37.5 Å². The number of aryl methyl sites for hydroxylation is 2. The second-order valence-electron chi connectivity index (χ2n) is 16.1. The molecule has 2 aliphatic heterocycles. The van der Waals surface area contributed by atoms with Gasteiger partial charge in [0, 0.05) is 54.0 Å². The van der Waals surface area contributed by atoms with Gasteiger partial charge in [-0.15, -0.1) is 5.10 Å². The normalized spacial score (nSPS) is 28.3. The highest BCUT2D eigenvalue weighted by Gasteiger charge is 2.45. The topological polar surface area (TPSA) is 142 Å². The van der Waals surface area contributed by atoms with Gasteiger partial charge in [0.2, 0.25) is 5.88 Å². The lowest BCUT2D eigenvalue weighted by Crippen LogP contribution is -2.50. The number of halogens is 1. The Morgan fingerprint density at radius 1 is 1.18 bits per heavy atom. The van der Waals surface area contributed by atoms with Crippen molar-refractivity contribution in [3.63, 3.8) is 0 Å². The number of hydrogen-bond donors (Lipinski definition) is 0. The number of ether oxygens (including phenoxy) is 3. The van der Waals surface area contributed by atoms with E-state index in [0.29, 0.717) is 36.9 Å². The lowest BCUT2D eigenvalue weighted by atomic mass is 9.68. The maximum absolute atomic E-state index is 14.6. The van der Waals surface area contributed by atoms with E-state index in [9.17, 15) is 18.6 Å². The van der Waals surface area contributed by atoms with Gasteiger partial charge >= 0.3 is 5.97 Å². The summed E-state index contributed by atoms with van der Waals surface area (Å²) in [6.07, 6.45) is 10.1. The van der Waals surface area contributed by atoms with Crippen LogP contribution in [0.2, 0.25) is 5.02 Å². The molecule has 4 aliphatic rings. The van der Waals surface area contributed by atoms with Gasteiger partial charge in [-0.3, -0.25) is 19.1 Å². The van der Waals surface area contributed by atoms with Crippen LogP contribution in [0.3, 0.4) is 0 Å². The van der Waals surface area contributed by atoms with Crippen LogP contribution < -0.4 is 14.4 Å². The highest BCUT2D eigenvalue weighted by Crippen LogP contribution is 2.47. The number of methoxy groups -OCH3 is 1. The first-order valence-electron chi connectivity index (χ1n) is 19.4. The van der Waals surface area contributed by atoms with Gasteiger partial charge < -0.3 is 19.1 Å². The van der Waals surface area contributed by atoms with Crippen molar-refractivity contribution in [1.29, 1.82) is 0 Å². The Morgan fingerprint density at radius 3 is 2.75 bits per heavy atom. The molecule has 0 radical (unpaired) electrons. The van der Waals surface area contributed by atoms with Crippen molar-refractivity contribution in [3.05, 3.63) is 82.0 Å². The number of carbonyl (C=O) groups excluding carboxylic acids is 3. The van der Waals surface area contributed by atoms with Crippen molar-refractivity contribution in [3.8, 4) is 11.6 Å². The number of carbonyl (C=O) groups is 3. The number of allylic oxidation sites excluding steroid dienone is 1. The number of fused-ring (bicyclic) bond motifs is 4. The van der Waals surface area contributed by atoms with Gasteiger partial charge in [0.05, 0.1) is 35.1 Å². The first-order chi connectivity index (χ1) is 26.8. The predicted octanol–water partition coefficient (Wildman–Crippen LogP) is 7.22. The summed E-state index contributed by atoms with van der Waals surface area (Å²) in [6.45, 7) is 7.31. The summed E-state index contributed by atoms with van der Waals surface area (Å²) in [4.78, 5) is 46.7. The third kappa shape index (κ3) is 8.30. The molecular formula is C42H50ClN5O7S. The minimum atomic E-state index is -3.51. The number of hydrogen-bond acceptors (Lipinski definition) is 9. The Balaban J connectivity index is 1.31. The molecule has 2 amide bonds. The molecule has 0 saturated heterocycles. The molecule has 2 bridgehead atoms. The van der Waals surface area contributed by atoms with E-state index in [1.54, 1.807) is 25.2 Å². The zero-order valence-corrected chi connectivity index (χ0v) is 34.2. The molecule has 298 valence electrons. The van der Waals surface area contributed by atoms with E-state index in [0.717, 1.165) is 43.3 Å². The number of esters is 1. The number of nitrogens with zero attached hydrogens (tertiary/aromatic N) is 5. The van der Waals surface area contributed by atoms with E-state index >= 15 is 0 Å². The van der Waals surface area contributed by atoms with Gasteiger partial charge in [-0.1, -0.05) is 44.5 Å². The number of anilines is 1. The van der Waals surface area contributed by atoms with Crippen LogP contribution in [-0.4, -0.2) is 76.0 Å². The van der Waals surface area contributed by atoms with E-state index in [2.05, 4.69) is 31.5 Å². The van der Waals surface area contributed by atoms with Crippen molar-refractivity contribution in [1.82, 2.24) is 9.78 Å². The van der Waals surface area contributed by atoms with Crippen LogP contribution in [0.15, 0.2) is 64.1 Å². The molecule has 56 heavy (non-hydrogen) atoms. The van der Waals surface area contributed by atoms with Crippen molar-refractivity contribution in [2.45, 2.75) is 70.8 Å². The molecule has 1 saturated carbocycles. The van der Waals surface area contributed by atoms with Crippen molar-refractivity contribution < 1.29 is 32.8 Å². The summed E-state index contributed by atoms with van der Waals surface area (Å²) < 4.78 is 38.4. The molecule has 3 aromatic rings. The monoisotopic (exact) mass is 803 g/mol. The molecule has 1 fully saturated rings. The van der Waals surface area contributed by atoms with Crippen LogP contribution in [0.1, 0.15) is 84.7 Å². The maximum atomic E-state index is 14.6. The van der Waals surface area contributed by atoms with Gasteiger partial charge in [-0.2, -0.15) is 4.36 Å². The van der Waals surface area contributed by atoms with Crippen LogP contribution in [0, 0.1) is 23.7 Å². The highest BCUT2D eigenvalue weighted by molar-refractivity contribution is 8.06. The zero-order valence-electron chi connectivity index (χ0n) is 32.6. The Hall–Kier alpha value is -4.49. The molecule has 3 heterocycles. The Bertz CT molecular complexity index is 2210. The fraction of sp³-hybridized carbons (Fsp3) is 0.500. The molecule has 12 nitrogen and oxygen atoms in total. The van der Waals surface area contributed by atoms with E-state index in [1.165, 1.54) is 29.1 Å². The third-order valence-electron chi connectivity index (χ3n) is 11.5. The van der Waals surface area contributed by atoms with Gasteiger partial charge in [0.1, 0.15) is 23.0 Å². The Kier molecular flexibility index (Phi) is 11.5. The van der Waals surface area contributed by atoms with Gasteiger partial charge in [-0.25, -0.2) is 9.20 Å². The smallest absolute Gasteiger partial charge is 0.308 e. The van der Waals surface area contributed by atoms with Crippen LogP contribution in [0.25, 0.3) is 0 Å². The van der Waals surface area contributed by atoms with Crippen LogP contribution >= 0.6 is 11.6 Å². The predicted molar refractivity (Wildman–Crippen MR) is 216 cm³/mol. The lowest BCUT2D eigenvalue weighted by Gasteiger charge is -2.46. The summed E-state index contributed by atoms with van der Waals surface area (Å²) in [5.41, 5.74) is 4.21. The SMILES string of the molecule is COc1nn(C)cc1C(=O)/N=C/S1(=O)=NC(=O)c2ccc3c(c2)N(C[C@@H]2CC[C@H]2[C@@H](OC(=O)C(C)C)/C=C/C[C@H](C)C1)C[C@@]1(CCCc2cc(Cl)ccc21)CO3. The Labute approximate surface area is 333 Å². The molecule has 1 spiro atoms. The molecule has 7 rings (SSSR count). The van der Waals surface area contributed by atoms with Crippen molar-refractivity contribution >= 4 is 50.3 Å². The summed E-state index contributed by atoms with van der Waals surface area (Å²) in [7, 11) is -0.477. The van der Waals surface area contributed by atoms with E-state index in [1.807, 2.05) is 39.0 Å². The molecule has 2 aliphatic carbocycles. The summed E-state index contributed by atoms with van der Waals surface area (Å²) in [5, 5.41) is 4.82. The zero-order chi connectivity index (χ0) is 39.8. The molecule has 6 atom stereocenters. The first-order valence-corrected chi connectivity index (χ1v) is 21.5. The first kappa shape index (κ1) is 39.7. The third-order valence-corrected chi connectivity index (χ3v) is 13.7. The molecule has 2 aromatic carbocycles. The molecule has 14 heteroatoms. The minimum Gasteiger partial charge on any atom is -0.490 e. The van der Waals surface area contributed by atoms with E-state index in [4.69, 9.17) is 25.8 Å². The molecule has 1 aromatic heterocycles. The van der Waals surface area contributed by atoms with Crippen LogP contribution in [0.4, 0.5) is 5.69 Å². The molecular weight excluding hydrogens is 754 g/mol. The fourth-order valence-corrected chi connectivity index (χ4v) is 10.5. The maximum Gasteiger partial charge on any atom is 0.308 e. The summed E-state index contributed by atoms with van der Waals surface area (Å²) in [5.74, 6) is -1.20. The number of benzene rings is 2. The summed E-state index contributed by atoms with van der Waals surface area (Å²) >= 11 is 6.47. The highest BCUT2D eigenvalue weighted by atomic mass is 35.5. The minimum absolute atomic E-state index is 0.0430. The lowest BCUT2D eigenvalue weighted by molar-refractivity contribution is -0.155. The second kappa shape index (κ2) is 16.2. The largest absolute Gasteiger partial charge is 0.490 e. The Morgan fingerprint density at radius 2 is 2.00 bits per heavy atom. The number of rotatable bonds is 5. The van der Waals surface area contributed by atoms with Crippen LogP contribution in [0.5, 0.6) is 11.6 Å². The van der Waals surface area contributed by atoms with Crippen LogP contribution in [-0.2, 0) is 38.1 Å².